The molecule has 4 rings (SSSR count). The molecule has 1 aliphatic heterocycles. The van der Waals surface area contributed by atoms with Crippen LogP contribution in [0.5, 0.6) is 5.75 Å². The Labute approximate surface area is 159 Å². The molecule has 2 amide bonds. The summed E-state index contributed by atoms with van der Waals surface area (Å²) < 4.78 is 0. The molecular weight excluding hydrogens is 360 g/mol. The molecule has 0 aliphatic carbocycles. The van der Waals surface area contributed by atoms with E-state index in [4.69, 9.17) is 0 Å². The lowest BCUT2D eigenvalue weighted by Crippen LogP contribution is -2.29. The summed E-state index contributed by atoms with van der Waals surface area (Å²) in [6.07, 6.45) is 0. The van der Waals surface area contributed by atoms with Crippen molar-refractivity contribution in [3.63, 3.8) is 0 Å². The summed E-state index contributed by atoms with van der Waals surface area (Å²) in [4.78, 5) is 37.1. The van der Waals surface area contributed by atoms with Gasteiger partial charge in [-0.1, -0.05) is 24.3 Å². The molecule has 138 valence electrons. The highest BCUT2D eigenvalue weighted by atomic mass is 16.6. The number of aryl methyl sites for hydroxylation is 1. The molecule has 1 heterocycles. The molecule has 0 saturated carbocycles. The number of amides is 2. The van der Waals surface area contributed by atoms with Crippen molar-refractivity contribution in [1.29, 1.82) is 0 Å². The number of nitro groups is 1. The maximum Gasteiger partial charge on any atom is 0.273 e. The Morgan fingerprint density at radius 2 is 1.36 bits per heavy atom. The van der Waals surface area contributed by atoms with Crippen molar-refractivity contribution in [2.45, 2.75) is 6.92 Å². The van der Waals surface area contributed by atoms with Crippen LogP contribution < -0.4 is 4.90 Å². The van der Waals surface area contributed by atoms with Crippen molar-refractivity contribution in [3.8, 4) is 16.9 Å². The van der Waals surface area contributed by atoms with Crippen LogP contribution >= 0.6 is 0 Å². The van der Waals surface area contributed by atoms with E-state index in [2.05, 4.69) is 0 Å². The average Bonchev–Trinajstić information content (AvgIpc) is 2.91. The average molecular weight is 374 g/mol. The SMILES string of the molecule is Cc1cc2c(cc1[N+](=O)[O-])C(=O)N(c1ccc(-c3ccc(O)cc3)cc1)C2=O. The van der Waals surface area contributed by atoms with Crippen molar-refractivity contribution in [1.82, 2.24) is 0 Å². The normalized spacial score (nSPS) is 13.0. The number of rotatable bonds is 3. The minimum atomic E-state index is -0.583. The molecule has 3 aromatic carbocycles. The maximum atomic E-state index is 12.7. The van der Waals surface area contributed by atoms with E-state index in [0.29, 0.717) is 11.3 Å². The Kier molecular flexibility index (Phi) is 3.93. The van der Waals surface area contributed by atoms with Gasteiger partial charge in [-0.3, -0.25) is 19.7 Å². The zero-order valence-corrected chi connectivity index (χ0v) is 14.7. The van der Waals surface area contributed by atoms with E-state index < -0.39 is 16.7 Å². The van der Waals surface area contributed by atoms with E-state index in [1.807, 2.05) is 0 Å². The molecule has 0 radical (unpaired) electrons. The van der Waals surface area contributed by atoms with Gasteiger partial charge in [0.1, 0.15) is 5.75 Å². The molecule has 0 bridgehead atoms. The number of nitro benzene ring substituents is 1. The van der Waals surface area contributed by atoms with Crippen LogP contribution in [0, 0.1) is 17.0 Å². The van der Waals surface area contributed by atoms with Gasteiger partial charge in [0.05, 0.1) is 21.7 Å². The second kappa shape index (κ2) is 6.31. The summed E-state index contributed by atoms with van der Waals surface area (Å²) in [6.45, 7) is 1.53. The third-order valence-corrected chi connectivity index (χ3v) is 4.73. The molecule has 1 aliphatic rings. The molecule has 0 atom stereocenters. The molecule has 0 fully saturated rings. The third kappa shape index (κ3) is 2.69. The van der Waals surface area contributed by atoms with Crippen molar-refractivity contribution in [2.75, 3.05) is 4.90 Å². The summed E-state index contributed by atoms with van der Waals surface area (Å²) in [5.74, 6) is -0.924. The van der Waals surface area contributed by atoms with Gasteiger partial charge < -0.3 is 5.11 Å². The highest BCUT2D eigenvalue weighted by molar-refractivity contribution is 6.34. The third-order valence-electron chi connectivity index (χ3n) is 4.73. The van der Waals surface area contributed by atoms with Crippen LogP contribution in [0.4, 0.5) is 11.4 Å². The number of carbonyl (C=O) groups is 2. The number of hydrogen-bond acceptors (Lipinski definition) is 5. The monoisotopic (exact) mass is 374 g/mol. The molecule has 0 unspecified atom stereocenters. The molecule has 7 heteroatoms. The summed E-state index contributed by atoms with van der Waals surface area (Å²) in [6, 6.07) is 16.0. The molecule has 0 aromatic heterocycles. The minimum Gasteiger partial charge on any atom is -0.508 e. The Balaban J connectivity index is 1.70. The summed E-state index contributed by atoms with van der Waals surface area (Å²) in [5.41, 5.74) is 2.44. The largest absolute Gasteiger partial charge is 0.508 e. The van der Waals surface area contributed by atoms with Gasteiger partial charge in [-0.25, -0.2) is 4.90 Å². The first kappa shape index (κ1) is 17.4. The topological polar surface area (TPSA) is 101 Å². The predicted molar refractivity (Wildman–Crippen MR) is 103 cm³/mol. The van der Waals surface area contributed by atoms with Crippen molar-refractivity contribution in [3.05, 3.63) is 87.5 Å². The van der Waals surface area contributed by atoms with Gasteiger partial charge in [-0.15, -0.1) is 0 Å². The highest BCUT2D eigenvalue weighted by Gasteiger charge is 2.38. The Hall–Kier alpha value is -4.00. The van der Waals surface area contributed by atoms with E-state index >= 15 is 0 Å². The van der Waals surface area contributed by atoms with Crippen LogP contribution in [0.15, 0.2) is 60.7 Å². The van der Waals surface area contributed by atoms with Crippen LogP contribution in [0.2, 0.25) is 0 Å². The van der Waals surface area contributed by atoms with Crippen molar-refractivity contribution < 1.29 is 19.6 Å². The first-order valence-corrected chi connectivity index (χ1v) is 8.44. The van der Waals surface area contributed by atoms with Crippen molar-refractivity contribution >= 4 is 23.2 Å². The number of nitrogens with zero attached hydrogens (tertiary/aromatic N) is 2. The molecule has 0 spiro atoms. The molecule has 3 aromatic rings. The van der Waals surface area contributed by atoms with E-state index in [-0.39, 0.29) is 22.6 Å². The smallest absolute Gasteiger partial charge is 0.273 e. The van der Waals surface area contributed by atoms with Crippen molar-refractivity contribution in [2.24, 2.45) is 0 Å². The van der Waals surface area contributed by atoms with Gasteiger partial charge in [-0.2, -0.15) is 0 Å². The van der Waals surface area contributed by atoms with Crippen LogP contribution in [0.25, 0.3) is 11.1 Å². The number of anilines is 1. The number of phenolic OH excluding ortho intramolecular Hbond substituents is 1. The van der Waals surface area contributed by atoms with E-state index in [1.165, 1.54) is 13.0 Å². The number of hydrogen-bond donors (Lipinski definition) is 1. The van der Waals surface area contributed by atoms with Crippen LogP contribution in [0.3, 0.4) is 0 Å². The fourth-order valence-electron chi connectivity index (χ4n) is 3.27. The van der Waals surface area contributed by atoms with Gasteiger partial charge in [0.2, 0.25) is 0 Å². The zero-order valence-electron chi connectivity index (χ0n) is 14.7. The second-order valence-corrected chi connectivity index (χ2v) is 6.48. The standard InChI is InChI=1S/C21H14N2O5/c1-12-10-17-18(11-19(12)23(27)28)21(26)22(20(17)25)15-6-2-13(3-7-15)14-4-8-16(24)9-5-14/h2-11,24H,1H3. The second-order valence-electron chi connectivity index (χ2n) is 6.48. The van der Waals surface area contributed by atoms with E-state index in [9.17, 15) is 24.8 Å². The summed E-state index contributed by atoms with van der Waals surface area (Å²) >= 11 is 0. The maximum absolute atomic E-state index is 12.7. The molecule has 28 heavy (non-hydrogen) atoms. The number of fused-ring (bicyclic) bond motifs is 1. The lowest BCUT2D eigenvalue weighted by Gasteiger charge is -2.14. The van der Waals surface area contributed by atoms with Crippen LogP contribution in [-0.2, 0) is 0 Å². The van der Waals surface area contributed by atoms with Gasteiger partial charge in [0.15, 0.2) is 0 Å². The fourth-order valence-corrected chi connectivity index (χ4v) is 3.27. The quantitative estimate of drug-likeness (QED) is 0.423. The lowest BCUT2D eigenvalue weighted by atomic mass is 10.0. The van der Waals surface area contributed by atoms with Gasteiger partial charge >= 0.3 is 0 Å². The van der Waals surface area contributed by atoms with Crippen LogP contribution in [-0.4, -0.2) is 21.8 Å². The number of imide groups is 1. The first-order chi connectivity index (χ1) is 13.4. The Morgan fingerprint density at radius 3 is 1.89 bits per heavy atom. The Morgan fingerprint density at radius 1 is 0.857 bits per heavy atom. The zero-order chi connectivity index (χ0) is 20.0. The Bertz CT molecular complexity index is 1130. The first-order valence-electron chi connectivity index (χ1n) is 8.44. The van der Waals surface area contributed by atoms with Gasteiger partial charge in [0.25, 0.3) is 17.5 Å². The molecule has 1 N–H and O–H groups in total. The lowest BCUT2D eigenvalue weighted by molar-refractivity contribution is -0.385. The molecule has 0 saturated heterocycles. The molecular formula is C21H14N2O5. The van der Waals surface area contributed by atoms with E-state index in [0.717, 1.165) is 22.1 Å². The number of benzene rings is 3. The fraction of sp³-hybridized carbons (Fsp3) is 0.0476. The minimum absolute atomic E-state index is 0.0323. The molecule has 7 nitrogen and oxygen atoms in total. The number of carbonyl (C=O) groups excluding carboxylic acids is 2. The predicted octanol–water partition coefficient (Wildman–Crippen LogP) is 4.08. The van der Waals surface area contributed by atoms with E-state index in [1.54, 1.807) is 48.5 Å². The van der Waals surface area contributed by atoms with Gasteiger partial charge in [0, 0.05) is 11.6 Å². The number of aromatic hydroxyl groups is 1. The van der Waals surface area contributed by atoms with Gasteiger partial charge in [-0.05, 0) is 48.4 Å². The van der Waals surface area contributed by atoms with Crippen LogP contribution in [0.1, 0.15) is 26.3 Å². The summed E-state index contributed by atoms with van der Waals surface area (Å²) in [5, 5.41) is 20.5. The number of phenols is 1. The highest BCUT2D eigenvalue weighted by Crippen LogP contribution is 2.33. The summed E-state index contributed by atoms with van der Waals surface area (Å²) in [7, 11) is 0.